The van der Waals surface area contributed by atoms with Gasteiger partial charge in [-0.05, 0) is 75.9 Å². The second-order valence-electron chi connectivity index (χ2n) is 10.5. The van der Waals surface area contributed by atoms with Crippen molar-refractivity contribution in [1.82, 2.24) is 19.8 Å². The predicted molar refractivity (Wildman–Crippen MR) is 156 cm³/mol. The highest BCUT2D eigenvalue weighted by atomic mass is 32.1. The first-order valence-corrected chi connectivity index (χ1v) is 15.8. The molecular weight excluding hydrogens is 496 g/mol. The number of aromatic nitrogens is 2. The Bertz CT molecular complexity index is 1120. The summed E-state index contributed by atoms with van der Waals surface area (Å²) in [5.41, 5.74) is 2.30. The standard InChI is InChI=1S/C30H38N4OS2/c1-3-15-27-23(11-1)31-29(36-27)25-13-5-7-17-33(25)19-9-21-35-22-10-20-34-18-8-6-14-26(34)30-32-24-12-2-4-16-28(24)37-30/h1-4,11-12,15-16,25-26H,5-10,13-14,17-22H2. The number of fused-ring (bicyclic) bond motifs is 2. The van der Waals surface area contributed by atoms with Gasteiger partial charge >= 0.3 is 0 Å². The number of likely N-dealkylation sites (tertiary alicyclic amines) is 2. The Kier molecular flexibility index (Phi) is 8.44. The zero-order valence-electron chi connectivity index (χ0n) is 21.7. The molecule has 4 heterocycles. The summed E-state index contributed by atoms with van der Waals surface area (Å²) in [6.45, 7) is 6.28. The van der Waals surface area contributed by atoms with Crippen molar-refractivity contribution in [2.45, 2.75) is 63.5 Å². The van der Waals surface area contributed by atoms with Crippen molar-refractivity contribution in [2.24, 2.45) is 0 Å². The van der Waals surface area contributed by atoms with Gasteiger partial charge in [-0.2, -0.15) is 0 Å². The molecule has 2 aromatic carbocycles. The molecule has 196 valence electrons. The number of hydrogen-bond acceptors (Lipinski definition) is 7. The third-order valence-corrected chi connectivity index (χ3v) is 10.2. The molecule has 6 rings (SSSR count). The number of piperidine rings is 2. The van der Waals surface area contributed by atoms with E-state index in [1.165, 1.54) is 71.0 Å². The fourth-order valence-corrected chi connectivity index (χ4v) is 8.26. The Hall–Kier alpha value is -1.90. The molecule has 0 amide bonds. The van der Waals surface area contributed by atoms with Crippen molar-refractivity contribution in [3.05, 3.63) is 58.5 Å². The highest BCUT2D eigenvalue weighted by Gasteiger charge is 2.27. The van der Waals surface area contributed by atoms with E-state index in [1.807, 2.05) is 22.7 Å². The van der Waals surface area contributed by atoms with Crippen molar-refractivity contribution in [3.8, 4) is 0 Å². The summed E-state index contributed by atoms with van der Waals surface area (Å²) >= 11 is 3.76. The van der Waals surface area contributed by atoms with E-state index in [9.17, 15) is 0 Å². The van der Waals surface area contributed by atoms with E-state index >= 15 is 0 Å². The van der Waals surface area contributed by atoms with Gasteiger partial charge in [-0.15, -0.1) is 22.7 Å². The summed E-state index contributed by atoms with van der Waals surface area (Å²) in [7, 11) is 0. The van der Waals surface area contributed by atoms with Gasteiger partial charge < -0.3 is 4.74 Å². The Labute approximate surface area is 228 Å². The van der Waals surface area contributed by atoms with Crippen molar-refractivity contribution >= 4 is 43.1 Å². The zero-order valence-corrected chi connectivity index (χ0v) is 23.3. The van der Waals surface area contributed by atoms with Gasteiger partial charge in [0.2, 0.25) is 0 Å². The third kappa shape index (κ3) is 6.07. The smallest absolute Gasteiger partial charge is 0.111 e. The van der Waals surface area contributed by atoms with Crippen LogP contribution in [-0.2, 0) is 4.74 Å². The Balaban J connectivity index is 0.943. The van der Waals surface area contributed by atoms with Crippen LogP contribution in [0.5, 0.6) is 0 Å². The fourth-order valence-electron chi connectivity index (χ4n) is 5.98. The van der Waals surface area contributed by atoms with E-state index in [1.54, 1.807) is 0 Å². The third-order valence-electron chi connectivity index (χ3n) is 7.89. The molecule has 4 aromatic rings. The van der Waals surface area contributed by atoms with E-state index in [2.05, 4.69) is 58.3 Å². The van der Waals surface area contributed by atoms with Crippen molar-refractivity contribution in [3.63, 3.8) is 0 Å². The Morgan fingerprint density at radius 2 is 1.16 bits per heavy atom. The molecule has 37 heavy (non-hydrogen) atoms. The molecule has 5 nitrogen and oxygen atoms in total. The summed E-state index contributed by atoms with van der Waals surface area (Å²) < 4.78 is 8.74. The quantitative estimate of drug-likeness (QED) is 0.198. The molecule has 2 aliphatic heterocycles. The molecule has 2 saturated heterocycles. The summed E-state index contributed by atoms with van der Waals surface area (Å²) in [5.74, 6) is 0. The van der Waals surface area contributed by atoms with E-state index in [0.717, 1.165) is 50.2 Å². The maximum absolute atomic E-state index is 6.11. The van der Waals surface area contributed by atoms with E-state index < -0.39 is 0 Å². The molecule has 2 aromatic heterocycles. The second kappa shape index (κ2) is 12.3. The molecule has 0 aliphatic carbocycles. The largest absolute Gasteiger partial charge is 0.381 e. The van der Waals surface area contributed by atoms with Crippen LogP contribution in [0.25, 0.3) is 20.4 Å². The average molecular weight is 535 g/mol. The highest BCUT2D eigenvalue weighted by molar-refractivity contribution is 7.19. The SMILES string of the molecule is c1ccc2sc(C3CCCCN3CCCOCCCN3CCCCC3c3nc4ccccc4s3)nc2c1. The summed E-state index contributed by atoms with van der Waals surface area (Å²) in [6, 6.07) is 18.0. The van der Waals surface area contributed by atoms with E-state index in [4.69, 9.17) is 14.7 Å². The van der Waals surface area contributed by atoms with Crippen LogP contribution in [0.15, 0.2) is 48.5 Å². The number of ether oxygens (including phenoxy) is 1. The first kappa shape index (κ1) is 25.4. The molecule has 2 aliphatic rings. The number of hydrogen-bond donors (Lipinski definition) is 0. The van der Waals surface area contributed by atoms with Crippen LogP contribution in [0.2, 0.25) is 0 Å². The minimum absolute atomic E-state index is 0.477. The molecule has 0 saturated carbocycles. The Morgan fingerprint density at radius 1 is 0.676 bits per heavy atom. The lowest BCUT2D eigenvalue weighted by Gasteiger charge is -2.34. The molecule has 0 spiro atoms. The maximum atomic E-state index is 6.11. The lowest BCUT2D eigenvalue weighted by atomic mass is 10.0. The lowest BCUT2D eigenvalue weighted by molar-refractivity contribution is 0.0829. The number of thiazole rings is 2. The molecule has 7 heteroatoms. The van der Waals surface area contributed by atoms with Crippen molar-refractivity contribution in [2.75, 3.05) is 39.4 Å². The summed E-state index contributed by atoms with van der Waals surface area (Å²) in [6.07, 6.45) is 9.86. The number of nitrogens with zero attached hydrogens (tertiary/aromatic N) is 4. The first-order valence-electron chi connectivity index (χ1n) is 14.1. The predicted octanol–water partition coefficient (Wildman–Crippen LogP) is 7.46. The van der Waals surface area contributed by atoms with E-state index in [-0.39, 0.29) is 0 Å². The molecule has 0 N–H and O–H groups in total. The van der Waals surface area contributed by atoms with Crippen LogP contribution in [0.3, 0.4) is 0 Å². The van der Waals surface area contributed by atoms with Gasteiger partial charge in [-0.25, -0.2) is 9.97 Å². The highest BCUT2D eigenvalue weighted by Crippen LogP contribution is 2.37. The van der Waals surface area contributed by atoms with Crippen molar-refractivity contribution < 1.29 is 4.74 Å². The number of para-hydroxylation sites is 2. The van der Waals surface area contributed by atoms with Gasteiger partial charge in [0.15, 0.2) is 0 Å². The van der Waals surface area contributed by atoms with Crippen LogP contribution in [0, 0.1) is 0 Å². The molecule has 0 bridgehead atoms. The molecule has 2 atom stereocenters. The number of benzene rings is 2. The van der Waals surface area contributed by atoms with Gasteiger partial charge in [0.25, 0.3) is 0 Å². The van der Waals surface area contributed by atoms with Gasteiger partial charge in [0.1, 0.15) is 10.0 Å². The van der Waals surface area contributed by atoms with Crippen LogP contribution in [-0.4, -0.2) is 59.2 Å². The minimum atomic E-state index is 0.477. The monoisotopic (exact) mass is 534 g/mol. The molecule has 2 fully saturated rings. The second-order valence-corrected chi connectivity index (χ2v) is 12.6. The summed E-state index contributed by atoms with van der Waals surface area (Å²) in [4.78, 5) is 15.3. The fraction of sp³-hybridized carbons (Fsp3) is 0.533. The van der Waals surface area contributed by atoms with Crippen LogP contribution in [0.1, 0.15) is 73.5 Å². The van der Waals surface area contributed by atoms with E-state index in [0.29, 0.717) is 12.1 Å². The topological polar surface area (TPSA) is 41.5 Å². The van der Waals surface area contributed by atoms with Crippen LogP contribution >= 0.6 is 22.7 Å². The molecular formula is C30H38N4OS2. The minimum Gasteiger partial charge on any atom is -0.381 e. The average Bonchev–Trinajstić information content (AvgIpc) is 3.57. The zero-order chi connectivity index (χ0) is 24.9. The van der Waals surface area contributed by atoms with Crippen LogP contribution < -0.4 is 0 Å². The van der Waals surface area contributed by atoms with Gasteiger partial charge in [-0.3, -0.25) is 9.80 Å². The molecule has 2 unspecified atom stereocenters. The molecule has 0 radical (unpaired) electrons. The normalized spacial score (nSPS) is 21.7. The van der Waals surface area contributed by atoms with Crippen LogP contribution in [0.4, 0.5) is 0 Å². The maximum Gasteiger partial charge on any atom is 0.111 e. The first-order chi connectivity index (χ1) is 18.3. The summed E-state index contributed by atoms with van der Waals surface area (Å²) in [5, 5.41) is 2.59. The van der Waals surface area contributed by atoms with Crippen molar-refractivity contribution in [1.29, 1.82) is 0 Å². The van der Waals surface area contributed by atoms with Gasteiger partial charge in [-0.1, -0.05) is 37.1 Å². The van der Waals surface area contributed by atoms with Gasteiger partial charge in [0.05, 0.1) is 32.5 Å². The Morgan fingerprint density at radius 3 is 1.65 bits per heavy atom. The number of rotatable bonds is 10. The van der Waals surface area contributed by atoms with Gasteiger partial charge in [0, 0.05) is 26.3 Å². The lowest BCUT2D eigenvalue weighted by Crippen LogP contribution is -2.35.